The maximum Gasteiger partial charge on any atom is 0.420 e. The SMILES string of the molecule is CCSCC(O)(C(Nc1cccc2nc(C)ccc12)c1ccc(OC)cc1F)C(F)(F)F. The number of alkyl halides is 3. The number of fused-ring (bicyclic) bond motifs is 1. The van der Waals surface area contributed by atoms with E-state index in [1.165, 1.54) is 19.2 Å². The minimum absolute atomic E-state index is 0.160. The third kappa shape index (κ3) is 4.78. The summed E-state index contributed by atoms with van der Waals surface area (Å²) < 4.78 is 62.7. The Balaban J connectivity index is 2.19. The number of hydrogen-bond acceptors (Lipinski definition) is 5. The van der Waals surface area contributed by atoms with E-state index in [1.54, 1.807) is 44.2 Å². The summed E-state index contributed by atoms with van der Waals surface area (Å²) in [5.41, 5.74) is -1.94. The molecule has 2 N–H and O–H groups in total. The molecule has 9 heteroatoms. The molecule has 2 unspecified atom stereocenters. The number of anilines is 1. The summed E-state index contributed by atoms with van der Waals surface area (Å²) in [5.74, 6) is -1.07. The van der Waals surface area contributed by atoms with E-state index >= 15 is 0 Å². The Hall–Kier alpha value is -2.52. The average molecular weight is 469 g/mol. The predicted octanol–water partition coefficient (Wildman–Crippen LogP) is 5.89. The number of benzene rings is 2. The highest BCUT2D eigenvalue weighted by molar-refractivity contribution is 7.99. The maximum atomic E-state index is 15.0. The molecule has 0 amide bonds. The Kier molecular flexibility index (Phi) is 7.19. The van der Waals surface area contributed by atoms with Gasteiger partial charge in [-0.2, -0.15) is 24.9 Å². The Morgan fingerprint density at radius 1 is 1.16 bits per heavy atom. The molecule has 0 aliphatic rings. The number of nitrogens with one attached hydrogen (secondary N) is 1. The van der Waals surface area contributed by atoms with Crippen LogP contribution in [0.25, 0.3) is 10.9 Å². The molecule has 3 rings (SSSR count). The van der Waals surface area contributed by atoms with E-state index in [-0.39, 0.29) is 11.3 Å². The van der Waals surface area contributed by atoms with E-state index in [4.69, 9.17) is 4.74 Å². The zero-order valence-electron chi connectivity index (χ0n) is 17.8. The van der Waals surface area contributed by atoms with Crippen molar-refractivity contribution in [1.29, 1.82) is 0 Å². The summed E-state index contributed by atoms with van der Waals surface area (Å²) in [6.07, 6.45) is -5.03. The number of aromatic nitrogens is 1. The van der Waals surface area contributed by atoms with Crippen molar-refractivity contribution >= 4 is 28.4 Å². The summed E-state index contributed by atoms with van der Waals surface area (Å²) in [6, 6.07) is 10.2. The van der Waals surface area contributed by atoms with Crippen LogP contribution in [0.1, 0.15) is 24.2 Å². The van der Waals surface area contributed by atoms with Gasteiger partial charge in [0.15, 0.2) is 5.60 Å². The molecule has 172 valence electrons. The number of pyridine rings is 1. The van der Waals surface area contributed by atoms with Crippen molar-refractivity contribution in [2.45, 2.75) is 31.7 Å². The first-order valence-electron chi connectivity index (χ1n) is 9.94. The molecule has 0 saturated heterocycles. The topological polar surface area (TPSA) is 54.4 Å². The van der Waals surface area contributed by atoms with E-state index in [9.17, 15) is 22.7 Å². The fourth-order valence-corrected chi connectivity index (χ4v) is 4.29. The lowest BCUT2D eigenvalue weighted by molar-refractivity contribution is -0.256. The smallest absolute Gasteiger partial charge is 0.420 e. The van der Waals surface area contributed by atoms with Crippen molar-refractivity contribution in [3.05, 3.63) is 65.6 Å². The van der Waals surface area contributed by atoms with Crippen molar-refractivity contribution < 1.29 is 27.4 Å². The molecule has 0 saturated carbocycles. The molecule has 0 aliphatic carbocycles. The van der Waals surface area contributed by atoms with Crippen molar-refractivity contribution in [3.63, 3.8) is 0 Å². The number of rotatable bonds is 8. The predicted molar refractivity (Wildman–Crippen MR) is 120 cm³/mol. The molecule has 2 aromatic carbocycles. The van der Waals surface area contributed by atoms with Gasteiger partial charge in [0, 0.05) is 34.2 Å². The van der Waals surface area contributed by atoms with Gasteiger partial charge in [0.05, 0.1) is 18.7 Å². The first kappa shape index (κ1) is 24.1. The fraction of sp³-hybridized carbons (Fsp3) is 0.348. The van der Waals surface area contributed by atoms with Crippen LogP contribution in [0.3, 0.4) is 0 Å². The standard InChI is InChI=1S/C23H24F4N2O2S/c1-4-32-13-22(30,23(25,26)27)21(16-11-9-15(31-3)12-18(16)24)29-20-7-5-6-19-17(20)10-8-14(2)28-19/h5-12,21,29-30H,4,13H2,1-3H3. The number of ether oxygens (including phenoxy) is 1. The van der Waals surface area contributed by atoms with E-state index in [0.717, 1.165) is 23.5 Å². The largest absolute Gasteiger partial charge is 0.497 e. The first-order chi connectivity index (χ1) is 15.1. The van der Waals surface area contributed by atoms with E-state index in [1.807, 2.05) is 0 Å². The zero-order valence-corrected chi connectivity index (χ0v) is 18.6. The first-order valence-corrected chi connectivity index (χ1v) is 11.1. The normalized spacial score (nSPS) is 14.8. The van der Waals surface area contributed by atoms with E-state index in [2.05, 4.69) is 10.3 Å². The highest BCUT2D eigenvalue weighted by Gasteiger charge is 2.59. The molecule has 0 radical (unpaired) electrons. The van der Waals surface area contributed by atoms with Gasteiger partial charge in [-0.05, 0) is 43.0 Å². The lowest BCUT2D eigenvalue weighted by Crippen LogP contribution is -2.55. The summed E-state index contributed by atoms with van der Waals surface area (Å²) in [6.45, 7) is 3.50. The van der Waals surface area contributed by atoms with Crippen LogP contribution >= 0.6 is 11.8 Å². The lowest BCUT2D eigenvalue weighted by atomic mass is 9.88. The Morgan fingerprint density at radius 3 is 2.53 bits per heavy atom. The van der Waals surface area contributed by atoms with Gasteiger partial charge in [0.1, 0.15) is 11.6 Å². The van der Waals surface area contributed by atoms with Gasteiger partial charge in [-0.15, -0.1) is 0 Å². The van der Waals surface area contributed by atoms with Gasteiger partial charge in [0.25, 0.3) is 0 Å². The number of nitrogens with zero attached hydrogens (tertiary/aromatic N) is 1. The van der Waals surface area contributed by atoms with Crippen LogP contribution in [-0.2, 0) is 0 Å². The number of thioether (sulfide) groups is 1. The van der Waals surface area contributed by atoms with Gasteiger partial charge < -0.3 is 15.2 Å². The van der Waals surface area contributed by atoms with Gasteiger partial charge in [0.2, 0.25) is 0 Å². The van der Waals surface area contributed by atoms with Crippen LogP contribution in [-0.4, -0.2) is 40.5 Å². The van der Waals surface area contributed by atoms with Crippen molar-refractivity contribution in [3.8, 4) is 5.75 Å². The highest BCUT2D eigenvalue weighted by atomic mass is 32.2. The average Bonchev–Trinajstić information content (AvgIpc) is 2.75. The minimum Gasteiger partial charge on any atom is -0.497 e. The molecule has 1 heterocycles. The molecular formula is C23H24F4N2O2S. The highest BCUT2D eigenvalue weighted by Crippen LogP contribution is 2.45. The van der Waals surface area contributed by atoms with E-state index in [0.29, 0.717) is 22.3 Å². The Morgan fingerprint density at radius 2 is 1.91 bits per heavy atom. The van der Waals surface area contributed by atoms with Gasteiger partial charge in [-0.1, -0.05) is 19.1 Å². The van der Waals surface area contributed by atoms with E-state index < -0.39 is 29.4 Å². The second-order valence-electron chi connectivity index (χ2n) is 7.35. The summed E-state index contributed by atoms with van der Waals surface area (Å²) in [5, 5.41) is 14.3. The second-order valence-corrected chi connectivity index (χ2v) is 8.62. The number of hydrogen-bond donors (Lipinski definition) is 2. The summed E-state index contributed by atoms with van der Waals surface area (Å²) in [7, 11) is 1.33. The van der Waals surface area contributed by atoms with Crippen LogP contribution in [0.2, 0.25) is 0 Å². The van der Waals surface area contributed by atoms with Crippen LogP contribution in [0.15, 0.2) is 48.5 Å². The molecular weight excluding hydrogens is 444 g/mol. The fourth-order valence-electron chi connectivity index (χ4n) is 3.45. The number of aliphatic hydroxyl groups is 1. The second kappa shape index (κ2) is 9.54. The van der Waals surface area contributed by atoms with Crippen LogP contribution < -0.4 is 10.1 Å². The van der Waals surface area contributed by atoms with Crippen LogP contribution in [0.5, 0.6) is 5.75 Å². The number of methoxy groups -OCH3 is 1. The lowest BCUT2D eigenvalue weighted by Gasteiger charge is -2.39. The third-order valence-electron chi connectivity index (χ3n) is 5.18. The third-order valence-corrected chi connectivity index (χ3v) is 6.24. The molecule has 4 nitrogen and oxygen atoms in total. The van der Waals surface area contributed by atoms with Crippen molar-refractivity contribution in [1.82, 2.24) is 4.98 Å². The summed E-state index contributed by atoms with van der Waals surface area (Å²) in [4.78, 5) is 4.40. The van der Waals surface area contributed by atoms with Crippen molar-refractivity contribution in [2.24, 2.45) is 0 Å². The Labute approximate surface area is 188 Å². The molecule has 0 bridgehead atoms. The maximum absolute atomic E-state index is 15.0. The van der Waals surface area contributed by atoms with Crippen LogP contribution in [0, 0.1) is 12.7 Å². The van der Waals surface area contributed by atoms with Gasteiger partial charge in [-0.25, -0.2) is 4.39 Å². The molecule has 0 spiro atoms. The number of halogens is 4. The minimum atomic E-state index is -5.03. The number of aryl methyl sites for hydroxylation is 1. The molecule has 3 aromatic rings. The van der Waals surface area contributed by atoms with Crippen molar-refractivity contribution in [2.75, 3.05) is 23.9 Å². The summed E-state index contributed by atoms with van der Waals surface area (Å²) >= 11 is 0.925. The molecule has 0 aliphatic heterocycles. The van der Waals surface area contributed by atoms with Gasteiger partial charge in [-0.3, -0.25) is 4.98 Å². The quantitative estimate of drug-likeness (QED) is 0.404. The molecule has 32 heavy (non-hydrogen) atoms. The zero-order chi connectivity index (χ0) is 23.5. The van der Waals surface area contributed by atoms with Gasteiger partial charge >= 0.3 is 6.18 Å². The molecule has 2 atom stereocenters. The molecule has 0 fully saturated rings. The molecule has 1 aromatic heterocycles. The van der Waals surface area contributed by atoms with Crippen LogP contribution in [0.4, 0.5) is 23.2 Å². The Bertz CT molecular complexity index is 1090. The monoisotopic (exact) mass is 468 g/mol.